The van der Waals surface area contributed by atoms with Gasteiger partial charge in [-0.15, -0.1) is 0 Å². The van der Waals surface area contributed by atoms with Gasteiger partial charge in [-0.2, -0.15) is 0 Å². The van der Waals surface area contributed by atoms with Crippen molar-refractivity contribution in [1.82, 2.24) is 9.13 Å². The number of hydrogen-bond donors (Lipinski definition) is 0. The maximum Gasteiger partial charge on any atom is 0.252 e. The summed E-state index contributed by atoms with van der Waals surface area (Å²) in [6, 6.07) is 87.8. The molecule has 0 spiro atoms. The summed E-state index contributed by atoms with van der Waals surface area (Å²) in [4.78, 5) is 2.59. The first-order valence-corrected chi connectivity index (χ1v) is 26.2. The van der Waals surface area contributed by atoms with E-state index in [1.54, 1.807) is 0 Å². The van der Waals surface area contributed by atoms with Crippen molar-refractivity contribution in [3.8, 4) is 44.8 Å². The number of rotatable bonds is 5. The number of anilines is 3. The van der Waals surface area contributed by atoms with E-state index < -0.39 is 0 Å². The van der Waals surface area contributed by atoms with E-state index in [1.165, 1.54) is 99.2 Å². The highest BCUT2D eigenvalue weighted by Gasteiger charge is 2.43. The molecule has 0 saturated carbocycles. The van der Waals surface area contributed by atoms with Crippen LogP contribution < -0.4 is 21.3 Å². The van der Waals surface area contributed by atoms with E-state index in [0.717, 1.165) is 50.1 Å². The molecule has 14 aromatic rings. The number of aromatic nitrogens is 2. The summed E-state index contributed by atoms with van der Waals surface area (Å²) in [6.07, 6.45) is 0. The molecule has 2 aliphatic rings. The predicted octanol–water partition coefficient (Wildman–Crippen LogP) is 16.7. The molecule has 3 aromatic heterocycles. The second-order valence-corrected chi connectivity index (χ2v) is 21.6. The summed E-state index contributed by atoms with van der Waals surface area (Å²) in [5.74, 6) is 0. The largest absolute Gasteiger partial charge is 0.456 e. The van der Waals surface area contributed by atoms with Crippen LogP contribution in [0.4, 0.5) is 17.1 Å². The second-order valence-electron chi connectivity index (χ2n) is 21.6. The van der Waals surface area contributed by atoms with Gasteiger partial charge < -0.3 is 18.5 Å². The molecule has 0 fully saturated rings. The van der Waals surface area contributed by atoms with E-state index in [1.807, 2.05) is 0 Å². The van der Waals surface area contributed by atoms with Gasteiger partial charge in [0.15, 0.2) is 0 Å². The summed E-state index contributed by atoms with van der Waals surface area (Å²) >= 11 is 0. The Morgan fingerprint density at radius 3 is 1.76 bits per heavy atom. The molecular formula is C70H48BN3O. The average molecular weight is 958 g/mol. The number of nitrogens with zero attached hydrogens (tertiary/aromatic N) is 3. The minimum Gasteiger partial charge on any atom is -0.456 e. The predicted molar refractivity (Wildman–Crippen MR) is 317 cm³/mol. The first kappa shape index (κ1) is 42.2. The molecule has 0 atom stereocenters. The third-order valence-electron chi connectivity index (χ3n) is 16.4. The standard InChI is InChI=1S/C70H48BN3O/c1-70(2,3)48-34-37-64-53(40-48)54-41-61-56(42-65(54)75-64)71-55-27-17-26-52-67-60(36-35-59-66(67)51-25-14-16-29-58(51)72(59)49-22-11-6-12-23-49)74(69(52)55)63-39-47(44-20-9-5-10-21-44)38-62(68(63)71)73(61)57-28-15-13-24-50(57)46-32-30-45(31-33-46)43-18-7-4-8-19-43/h4-42H,1-3H3. The van der Waals surface area contributed by atoms with Gasteiger partial charge in [0.2, 0.25) is 0 Å². The maximum atomic E-state index is 6.97. The van der Waals surface area contributed by atoms with Gasteiger partial charge in [-0.05, 0) is 128 Å². The summed E-state index contributed by atoms with van der Waals surface area (Å²) in [6.45, 7) is 6.76. The zero-order chi connectivity index (χ0) is 49.7. The van der Waals surface area contributed by atoms with E-state index in [-0.39, 0.29) is 12.1 Å². The molecule has 0 unspecified atom stereocenters. The highest BCUT2D eigenvalue weighted by Crippen LogP contribution is 2.49. The quantitative estimate of drug-likeness (QED) is 0.161. The van der Waals surface area contributed by atoms with Crippen LogP contribution in [0.5, 0.6) is 0 Å². The van der Waals surface area contributed by atoms with Crippen molar-refractivity contribution in [3.63, 3.8) is 0 Å². The highest BCUT2D eigenvalue weighted by atomic mass is 16.3. The zero-order valence-corrected chi connectivity index (χ0v) is 41.8. The van der Waals surface area contributed by atoms with Crippen LogP contribution in [0.2, 0.25) is 0 Å². The Balaban J connectivity index is 1.04. The normalized spacial score (nSPS) is 12.9. The topological polar surface area (TPSA) is 26.2 Å². The number of para-hydroxylation sites is 4. The molecular weight excluding hydrogens is 910 g/mol. The van der Waals surface area contributed by atoms with Gasteiger partial charge in [-0.25, -0.2) is 0 Å². The van der Waals surface area contributed by atoms with Crippen LogP contribution in [0.25, 0.3) is 110 Å². The summed E-state index contributed by atoms with van der Waals surface area (Å²) in [5, 5.41) is 7.31. The van der Waals surface area contributed by atoms with Gasteiger partial charge in [-0.3, -0.25) is 0 Å². The molecule has 0 radical (unpaired) electrons. The summed E-state index contributed by atoms with van der Waals surface area (Å²) in [7, 11) is 0. The molecule has 75 heavy (non-hydrogen) atoms. The zero-order valence-electron chi connectivity index (χ0n) is 41.8. The van der Waals surface area contributed by atoms with E-state index in [4.69, 9.17) is 4.42 Å². The monoisotopic (exact) mass is 957 g/mol. The number of fused-ring (bicyclic) bond motifs is 14. The fourth-order valence-corrected chi connectivity index (χ4v) is 13.0. The lowest BCUT2D eigenvalue weighted by molar-refractivity contribution is 0.590. The van der Waals surface area contributed by atoms with Crippen molar-refractivity contribution >= 4 is 106 Å². The molecule has 16 rings (SSSR count). The number of hydrogen-bond acceptors (Lipinski definition) is 2. The SMILES string of the molecule is CC(C)(C)c1ccc2oc3cc4c(cc3c2c1)N(c1ccccc1-c1ccc(-c2ccccc2)cc1)c1cc(-c2ccccc2)cc2c1B4c1cccc3c4c5c6ccccc6n(-c6ccccc6)c5ccc4n-2c13. The van der Waals surface area contributed by atoms with Gasteiger partial charge in [-0.1, -0.05) is 185 Å². The van der Waals surface area contributed by atoms with Crippen LogP contribution in [0, 0.1) is 0 Å². The lowest BCUT2D eigenvalue weighted by Gasteiger charge is -2.41. The van der Waals surface area contributed by atoms with Gasteiger partial charge >= 0.3 is 0 Å². The minimum atomic E-state index is -0.104. The van der Waals surface area contributed by atoms with Gasteiger partial charge in [0.25, 0.3) is 6.71 Å². The van der Waals surface area contributed by atoms with Crippen LogP contribution in [0.15, 0.2) is 241 Å². The third-order valence-corrected chi connectivity index (χ3v) is 16.4. The van der Waals surface area contributed by atoms with Crippen LogP contribution >= 0.6 is 0 Å². The van der Waals surface area contributed by atoms with E-state index in [9.17, 15) is 0 Å². The molecule has 5 heterocycles. The molecule has 5 heteroatoms. The Bertz CT molecular complexity index is 4670. The average Bonchev–Trinajstić information content (AvgIpc) is 4.31. The maximum absolute atomic E-state index is 6.97. The van der Waals surface area contributed by atoms with E-state index >= 15 is 0 Å². The van der Waals surface area contributed by atoms with Crippen molar-refractivity contribution in [3.05, 3.63) is 242 Å². The Morgan fingerprint density at radius 2 is 0.987 bits per heavy atom. The smallest absolute Gasteiger partial charge is 0.252 e. The molecule has 0 N–H and O–H groups in total. The molecule has 0 bridgehead atoms. The van der Waals surface area contributed by atoms with E-state index in [0.29, 0.717) is 0 Å². The first-order chi connectivity index (χ1) is 36.9. The van der Waals surface area contributed by atoms with Crippen molar-refractivity contribution in [2.75, 3.05) is 4.90 Å². The molecule has 2 aliphatic heterocycles. The molecule has 11 aromatic carbocycles. The third kappa shape index (κ3) is 6.07. The Labute approximate surface area is 435 Å². The molecule has 0 saturated heterocycles. The molecule has 352 valence electrons. The Morgan fingerprint density at radius 1 is 0.373 bits per heavy atom. The molecule has 0 aliphatic carbocycles. The first-order valence-electron chi connectivity index (χ1n) is 26.2. The second kappa shape index (κ2) is 15.6. The fraction of sp³-hybridized carbons (Fsp3) is 0.0571. The van der Waals surface area contributed by atoms with Crippen LogP contribution in [-0.2, 0) is 5.41 Å². The lowest BCUT2D eigenvalue weighted by atomic mass is 9.33. The van der Waals surface area contributed by atoms with Gasteiger partial charge in [0.05, 0.1) is 22.2 Å². The van der Waals surface area contributed by atoms with Crippen molar-refractivity contribution in [2.45, 2.75) is 26.2 Å². The lowest BCUT2D eigenvalue weighted by Crippen LogP contribution is -2.60. The number of furan rings is 1. The molecule has 4 nitrogen and oxygen atoms in total. The fourth-order valence-electron chi connectivity index (χ4n) is 13.0. The Kier molecular flexibility index (Phi) is 8.78. The number of benzene rings is 11. The summed E-state index contributed by atoms with van der Waals surface area (Å²) in [5.41, 5.74) is 24.6. The molecule has 0 amide bonds. The van der Waals surface area contributed by atoms with Gasteiger partial charge in [0.1, 0.15) is 11.2 Å². The van der Waals surface area contributed by atoms with Crippen molar-refractivity contribution in [2.24, 2.45) is 0 Å². The van der Waals surface area contributed by atoms with Crippen LogP contribution in [-0.4, -0.2) is 15.8 Å². The van der Waals surface area contributed by atoms with Crippen molar-refractivity contribution < 1.29 is 4.42 Å². The Hall–Kier alpha value is -9.32. The minimum absolute atomic E-state index is 0.0303. The van der Waals surface area contributed by atoms with Crippen LogP contribution in [0.3, 0.4) is 0 Å². The highest BCUT2D eigenvalue weighted by molar-refractivity contribution is 7.00. The van der Waals surface area contributed by atoms with Gasteiger partial charge in [0, 0.05) is 66.1 Å². The van der Waals surface area contributed by atoms with E-state index in [2.05, 4.69) is 271 Å². The summed E-state index contributed by atoms with van der Waals surface area (Å²) < 4.78 is 12.0. The van der Waals surface area contributed by atoms with Crippen molar-refractivity contribution in [1.29, 1.82) is 0 Å². The van der Waals surface area contributed by atoms with Crippen LogP contribution in [0.1, 0.15) is 26.3 Å².